The quantitative estimate of drug-likeness (QED) is 0.769. The fourth-order valence-corrected chi connectivity index (χ4v) is 3.01. The largest absolute Gasteiger partial charge is 0.343 e. The standard InChI is InChI=1S/C17H21BrN2O2/c1-3-17(22)20(16-6-4-15(18)5-7-16)12-14-8-10-19(11-9-14)13(2)21/h3-7,14H,1,8-12H2,2H3. The predicted molar refractivity (Wildman–Crippen MR) is 91.7 cm³/mol. The molecular weight excluding hydrogens is 344 g/mol. The molecule has 22 heavy (non-hydrogen) atoms. The van der Waals surface area contributed by atoms with Crippen molar-refractivity contribution in [1.82, 2.24) is 4.90 Å². The van der Waals surface area contributed by atoms with Crippen molar-refractivity contribution in [2.75, 3.05) is 24.5 Å². The van der Waals surface area contributed by atoms with Gasteiger partial charge in [0, 0.05) is 36.7 Å². The molecule has 5 heteroatoms. The van der Waals surface area contributed by atoms with E-state index in [9.17, 15) is 9.59 Å². The van der Waals surface area contributed by atoms with Crippen molar-refractivity contribution in [1.29, 1.82) is 0 Å². The lowest BCUT2D eigenvalue weighted by atomic mass is 9.96. The number of piperidine rings is 1. The first-order chi connectivity index (χ1) is 10.5. The Kier molecular flexibility index (Phi) is 5.77. The first-order valence-electron chi connectivity index (χ1n) is 7.46. The molecule has 1 fully saturated rings. The lowest BCUT2D eigenvalue weighted by Crippen LogP contribution is -2.42. The van der Waals surface area contributed by atoms with Gasteiger partial charge in [-0.2, -0.15) is 0 Å². The first kappa shape index (κ1) is 16.7. The number of anilines is 1. The molecule has 0 atom stereocenters. The Morgan fingerprint density at radius 2 is 1.91 bits per heavy atom. The third-order valence-electron chi connectivity index (χ3n) is 4.08. The molecule has 1 aromatic carbocycles. The van der Waals surface area contributed by atoms with Crippen LogP contribution in [0.2, 0.25) is 0 Å². The molecule has 0 bridgehead atoms. The molecule has 1 heterocycles. The molecule has 0 saturated carbocycles. The average Bonchev–Trinajstić information content (AvgIpc) is 2.53. The highest BCUT2D eigenvalue weighted by molar-refractivity contribution is 9.10. The van der Waals surface area contributed by atoms with E-state index in [0.717, 1.165) is 36.1 Å². The topological polar surface area (TPSA) is 40.6 Å². The highest BCUT2D eigenvalue weighted by Gasteiger charge is 2.24. The number of rotatable bonds is 4. The fourth-order valence-electron chi connectivity index (χ4n) is 2.74. The maximum absolute atomic E-state index is 12.2. The van der Waals surface area contributed by atoms with E-state index in [2.05, 4.69) is 22.5 Å². The number of carbonyl (C=O) groups is 2. The SMILES string of the molecule is C=CC(=O)N(CC1CCN(C(C)=O)CC1)c1ccc(Br)cc1. The van der Waals surface area contributed by atoms with Crippen LogP contribution in [-0.2, 0) is 9.59 Å². The summed E-state index contributed by atoms with van der Waals surface area (Å²) in [6.45, 7) is 7.42. The number of amides is 2. The van der Waals surface area contributed by atoms with Crippen LogP contribution < -0.4 is 4.90 Å². The van der Waals surface area contributed by atoms with Gasteiger partial charge in [-0.15, -0.1) is 0 Å². The van der Waals surface area contributed by atoms with Crippen molar-refractivity contribution in [3.8, 4) is 0 Å². The molecule has 1 aromatic rings. The highest BCUT2D eigenvalue weighted by atomic mass is 79.9. The minimum atomic E-state index is -0.0867. The molecule has 0 aromatic heterocycles. The molecule has 0 radical (unpaired) electrons. The first-order valence-corrected chi connectivity index (χ1v) is 8.25. The summed E-state index contributed by atoms with van der Waals surface area (Å²) in [7, 11) is 0. The molecule has 1 aliphatic rings. The van der Waals surface area contributed by atoms with Crippen LogP contribution in [0.25, 0.3) is 0 Å². The van der Waals surface area contributed by atoms with Crippen LogP contribution in [0.4, 0.5) is 5.69 Å². The number of likely N-dealkylation sites (tertiary alicyclic amines) is 1. The van der Waals surface area contributed by atoms with Gasteiger partial charge in [-0.3, -0.25) is 9.59 Å². The van der Waals surface area contributed by atoms with Gasteiger partial charge >= 0.3 is 0 Å². The molecule has 1 aliphatic heterocycles. The molecule has 0 unspecified atom stereocenters. The van der Waals surface area contributed by atoms with Crippen LogP contribution in [-0.4, -0.2) is 36.3 Å². The van der Waals surface area contributed by atoms with E-state index in [-0.39, 0.29) is 11.8 Å². The van der Waals surface area contributed by atoms with Crippen LogP contribution in [0.3, 0.4) is 0 Å². The van der Waals surface area contributed by atoms with Crippen molar-refractivity contribution in [3.05, 3.63) is 41.4 Å². The molecule has 4 nitrogen and oxygen atoms in total. The fraction of sp³-hybridized carbons (Fsp3) is 0.412. The lowest BCUT2D eigenvalue weighted by Gasteiger charge is -2.34. The summed E-state index contributed by atoms with van der Waals surface area (Å²) < 4.78 is 0.983. The number of nitrogens with zero attached hydrogens (tertiary/aromatic N) is 2. The molecule has 118 valence electrons. The van der Waals surface area contributed by atoms with Crippen LogP contribution >= 0.6 is 15.9 Å². The van der Waals surface area contributed by atoms with Gasteiger partial charge in [0.1, 0.15) is 0 Å². The summed E-state index contributed by atoms with van der Waals surface area (Å²) in [4.78, 5) is 27.2. The second-order valence-corrected chi connectivity index (χ2v) is 6.49. The summed E-state index contributed by atoms with van der Waals surface area (Å²) in [5.41, 5.74) is 0.877. The maximum atomic E-state index is 12.2. The zero-order valence-corrected chi connectivity index (χ0v) is 14.4. The molecular formula is C17H21BrN2O2. The Morgan fingerprint density at radius 1 is 1.32 bits per heavy atom. The molecule has 1 saturated heterocycles. The third kappa shape index (κ3) is 4.19. The Morgan fingerprint density at radius 3 is 2.41 bits per heavy atom. The number of hydrogen-bond donors (Lipinski definition) is 0. The van der Waals surface area contributed by atoms with Gasteiger partial charge in [-0.25, -0.2) is 0 Å². The number of carbonyl (C=O) groups excluding carboxylic acids is 2. The summed E-state index contributed by atoms with van der Waals surface area (Å²) in [6.07, 6.45) is 3.21. The van der Waals surface area contributed by atoms with Crippen LogP contribution in [0.5, 0.6) is 0 Å². The summed E-state index contributed by atoms with van der Waals surface area (Å²) in [5, 5.41) is 0. The van der Waals surface area contributed by atoms with E-state index in [1.165, 1.54) is 6.08 Å². The third-order valence-corrected chi connectivity index (χ3v) is 4.61. The zero-order valence-electron chi connectivity index (χ0n) is 12.8. The van der Waals surface area contributed by atoms with Crippen molar-refractivity contribution in [3.63, 3.8) is 0 Å². The van der Waals surface area contributed by atoms with E-state index >= 15 is 0 Å². The van der Waals surface area contributed by atoms with E-state index in [1.807, 2.05) is 29.2 Å². The molecule has 2 amide bonds. The molecule has 2 rings (SSSR count). The monoisotopic (exact) mass is 364 g/mol. The minimum absolute atomic E-state index is 0.0867. The van der Waals surface area contributed by atoms with E-state index in [0.29, 0.717) is 12.5 Å². The Labute approximate surface area is 139 Å². The summed E-state index contributed by atoms with van der Waals surface area (Å²) in [6, 6.07) is 7.71. The zero-order chi connectivity index (χ0) is 16.1. The van der Waals surface area contributed by atoms with Gasteiger partial charge in [0.15, 0.2) is 0 Å². The van der Waals surface area contributed by atoms with Gasteiger partial charge < -0.3 is 9.80 Å². The summed E-state index contributed by atoms with van der Waals surface area (Å²) in [5.74, 6) is 0.449. The maximum Gasteiger partial charge on any atom is 0.250 e. The second-order valence-electron chi connectivity index (χ2n) is 5.58. The smallest absolute Gasteiger partial charge is 0.250 e. The van der Waals surface area contributed by atoms with Gasteiger partial charge in [0.05, 0.1) is 0 Å². The van der Waals surface area contributed by atoms with Gasteiger partial charge in [0.25, 0.3) is 0 Å². The molecule has 0 spiro atoms. The van der Waals surface area contributed by atoms with Crippen LogP contribution in [0.1, 0.15) is 19.8 Å². The van der Waals surface area contributed by atoms with Crippen LogP contribution in [0.15, 0.2) is 41.4 Å². The Bertz CT molecular complexity index is 548. The Hall–Kier alpha value is -1.62. The van der Waals surface area contributed by atoms with E-state index in [4.69, 9.17) is 0 Å². The molecule has 0 aliphatic carbocycles. The van der Waals surface area contributed by atoms with Crippen LogP contribution in [0, 0.1) is 5.92 Å². The minimum Gasteiger partial charge on any atom is -0.343 e. The Balaban J connectivity index is 2.05. The number of benzene rings is 1. The van der Waals surface area contributed by atoms with Crippen molar-refractivity contribution in [2.24, 2.45) is 5.92 Å². The van der Waals surface area contributed by atoms with Gasteiger partial charge in [-0.1, -0.05) is 22.5 Å². The lowest BCUT2D eigenvalue weighted by molar-refractivity contribution is -0.130. The van der Waals surface area contributed by atoms with Crippen molar-refractivity contribution >= 4 is 33.4 Å². The molecule has 0 N–H and O–H groups in total. The van der Waals surface area contributed by atoms with Crippen molar-refractivity contribution in [2.45, 2.75) is 19.8 Å². The number of halogens is 1. The van der Waals surface area contributed by atoms with Crippen molar-refractivity contribution < 1.29 is 9.59 Å². The van der Waals surface area contributed by atoms with E-state index < -0.39 is 0 Å². The van der Waals surface area contributed by atoms with Gasteiger partial charge in [0.2, 0.25) is 11.8 Å². The predicted octanol–water partition coefficient (Wildman–Crippen LogP) is 3.23. The average molecular weight is 365 g/mol. The van der Waals surface area contributed by atoms with E-state index in [1.54, 1.807) is 11.8 Å². The normalized spacial score (nSPS) is 15.5. The number of hydrogen-bond acceptors (Lipinski definition) is 2. The van der Waals surface area contributed by atoms with Gasteiger partial charge in [-0.05, 0) is 49.1 Å². The summed E-state index contributed by atoms with van der Waals surface area (Å²) >= 11 is 3.41. The second kappa shape index (κ2) is 7.58. The highest BCUT2D eigenvalue weighted by Crippen LogP contribution is 2.24.